The first-order chi connectivity index (χ1) is 10.9. The zero-order valence-electron chi connectivity index (χ0n) is 15.7. The van der Waals surface area contributed by atoms with Crippen LogP contribution in [0.2, 0.25) is 0 Å². The Kier molecular flexibility index (Phi) is 10.4. The highest BCUT2D eigenvalue weighted by Crippen LogP contribution is 2.24. The minimum atomic E-state index is 0.833. The van der Waals surface area contributed by atoms with Crippen molar-refractivity contribution in [3.63, 3.8) is 0 Å². The van der Waals surface area contributed by atoms with Gasteiger partial charge in [-0.3, -0.25) is 0 Å². The standard InChI is InChI=1S/C17H16.C4H10.C2H6/c1-4-14(3)15-8-6-10-17(12-15)16-9-5-7-13(2)11-16;1-4(2)3;1-2/h4-12H,1,3H2,2H3;4H,1-3H3;1-2H3. The molecule has 0 saturated carbocycles. The molecule has 0 aliphatic carbocycles. The summed E-state index contributed by atoms with van der Waals surface area (Å²) in [6, 6.07) is 16.9. The highest BCUT2D eigenvalue weighted by Gasteiger charge is 2.00. The smallest absolute Gasteiger partial charge is 0.0178 e. The maximum Gasteiger partial charge on any atom is -0.0178 e. The molecule has 0 fully saturated rings. The lowest BCUT2D eigenvalue weighted by molar-refractivity contribution is 0.737. The number of allylic oxidation sites excluding steroid dienone is 2. The molecule has 0 N–H and O–H groups in total. The van der Waals surface area contributed by atoms with E-state index in [0.717, 1.165) is 17.1 Å². The van der Waals surface area contributed by atoms with Gasteiger partial charge >= 0.3 is 0 Å². The van der Waals surface area contributed by atoms with Crippen LogP contribution >= 0.6 is 0 Å². The third-order valence-electron chi connectivity index (χ3n) is 2.83. The fourth-order valence-corrected chi connectivity index (χ4v) is 1.84. The van der Waals surface area contributed by atoms with Crippen molar-refractivity contribution >= 4 is 5.57 Å². The van der Waals surface area contributed by atoms with E-state index in [4.69, 9.17) is 0 Å². The Morgan fingerprint density at radius 2 is 1.39 bits per heavy atom. The molecular formula is C23H32. The molecule has 0 unspecified atom stereocenters. The number of hydrogen-bond donors (Lipinski definition) is 0. The number of rotatable bonds is 3. The van der Waals surface area contributed by atoms with Crippen LogP contribution in [0.15, 0.2) is 67.8 Å². The van der Waals surface area contributed by atoms with E-state index in [0.29, 0.717) is 0 Å². The van der Waals surface area contributed by atoms with Crippen LogP contribution < -0.4 is 0 Å². The molecule has 2 rings (SSSR count). The maximum atomic E-state index is 3.98. The molecule has 0 radical (unpaired) electrons. The van der Waals surface area contributed by atoms with Crippen LogP contribution in [0.4, 0.5) is 0 Å². The van der Waals surface area contributed by atoms with Gasteiger partial charge in [-0.05, 0) is 41.2 Å². The van der Waals surface area contributed by atoms with E-state index in [1.165, 1.54) is 16.7 Å². The Labute approximate surface area is 143 Å². The fourth-order valence-electron chi connectivity index (χ4n) is 1.84. The van der Waals surface area contributed by atoms with Crippen LogP contribution in [-0.2, 0) is 0 Å². The molecular weight excluding hydrogens is 276 g/mol. The van der Waals surface area contributed by atoms with Gasteiger partial charge in [0, 0.05) is 0 Å². The Morgan fingerprint density at radius 3 is 1.87 bits per heavy atom. The molecule has 0 heterocycles. The van der Waals surface area contributed by atoms with Crippen molar-refractivity contribution in [2.24, 2.45) is 5.92 Å². The fraction of sp³-hybridized carbons (Fsp3) is 0.304. The van der Waals surface area contributed by atoms with Crippen molar-refractivity contribution in [2.45, 2.75) is 41.5 Å². The molecule has 0 aromatic heterocycles. The zero-order chi connectivity index (χ0) is 17.8. The van der Waals surface area contributed by atoms with Crippen molar-refractivity contribution in [1.82, 2.24) is 0 Å². The van der Waals surface area contributed by atoms with Crippen LogP contribution in [0.5, 0.6) is 0 Å². The first kappa shape index (κ1) is 20.9. The lowest BCUT2D eigenvalue weighted by Crippen LogP contribution is -1.83. The van der Waals surface area contributed by atoms with Gasteiger partial charge in [-0.15, -0.1) is 0 Å². The van der Waals surface area contributed by atoms with Gasteiger partial charge in [0.1, 0.15) is 0 Å². The topological polar surface area (TPSA) is 0 Å². The summed E-state index contributed by atoms with van der Waals surface area (Å²) in [4.78, 5) is 0. The van der Waals surface area contributed by atoms with Gasteiger partial charge < -0.3 is 0 Å². The molecule has 0 aliphatic heterocycles. The molecule has 23 heavy (non-hydrogen) atoms. The van der Waals surface area contributed by atoms with Gasteiger partial charge in [0.2, 0.25) is 0 Å². The molecule has 2 aromatic rings. The Morgan fingerprint density at radius 1 is 0.913 bits per heavy atom. The first-order valence-corrected chi connectivity index (χ1v) is 8.43. The van der Waals surface area contributed by atoms with Gasteiger partial charge in [0.15, 0.2) is 0 Å². The Hall–Kier alpha value is -2.08. The van der Waals surface area contributed by atoms with Gasteiger partial charge in [-0.2, -0.15) is 0 Å². The summed E-state index contributed by atoms with van der Waals surface area (Å²) in [6.45, 7) is 20.3. The molecule has 0 aliphatic rings. The van der Waals surface area contributed by atoms with Crippen LogP contribution in [0.1, 0.15) is 45.7 Å². The zero-order valence-corrected chi connectivity index (χ0v) is 15.7. The lowest BCUT2D eigenvalue weighted by Gasteiger charge is -2.06. The number of aryl methyl sites for hydroxylation is 1. The van der Waals surface area contributed by atoms with Crippen molar-refractivity contribution in [2.75, 3.05) is 0 Å². The van der Waals surface area contributed by atoms with Crippen LogP contribution in [-0.4, -0.2) is 0 Å². The van der Waals surface area contributed by atoms with Crippen LogP contribution in [0, 0.1) is 12.8 Å². The van der Waals surface area contributed by atoms with Gasteiger partial charge in [0.25, 0.3) is 0 Å². The predicted molar refractivity (Wildman–Crippen MR) is 108 cm³/mol. The molecule has 0 atom stereocenters. The van der Waals surface area contributed by atoms with E-state index in [9.17, 15) is 0 Å². The second-order valence-corrected chi connectivity index (χ2v) is 5.91. The normalized spacial score (nSPS) is 9.17. The maximum absolute atomic E-state index is 3.98. The monoisotopic (exact) mass is 308 g/mol. The molecule has 0 spiro atoms. The SMILES string of the molecule is C=CC(=C)c1cccc(-c2cccc(C)c2)c1.CC.CC(C)C. The van der Waals surface area contributed by atoms with Crippen molar-refractivity contribution < 1.29 is 0 Å². The number of benzene rings is 2. The molecule has 0 bridgehead atoms. The summed E-state index contributed by atoms with van der Waals surface area (Å²) in [5.74, 6) is 0.833. The minimum Gasteiger partial charge on any atom is -0.0985 e. The minimum absolute atomic E-state index is 0.833. The largest absolute Gasteiger partial charge is 0.0985 e. The van der Waals surface area contributed by atoms with E-state index in [2.05, 4.69) is 89.4 Å². The number of hydrogen-bond acceptors (Lipinski definition) is 0. The molecule has 124 valence electrons. The van der Waals surface area contributed by atoms with Crippen molar-refractivity contribution in [3.8, 4) is 11.1 Å². The van der Waals surface area contributed by atoms with E-state index in [1.54, 1.807) is 6.08 Å². The average molecular weight is 309 g/mol. The molecule has 2 aromatic carbocycles. The summed E-state index contributed by atoms with van der Waals surface area (Å²) in [7, 11) is 0. The average Bonchev–Trinajstić information content (AvgIpc) is 2.55. The summed E-state index contributed by atoms with van der Waals surface area (Å²) >= 11 is 0. The Balaban J connectivity index is 0.000000705. The first-order valence-electron chi connectivity index (χ1n) is 8.43. The Bertz CT molecular complexity index is 600. The summed E-state index contributed by atoms with van der Waals surface area (Å²) in [6.07, 6.45) is 1.79. The third kappa shape index (κ3) is 8.21. The quantitative estimate of drug-likeness (QED) is 0.513. The summed E-state index contributed by atoms with van der Waals surface area (Å²) < 4.78 is 0. The van der Waals surface area contributed by atoms with E-state index in [-0.39, 0.29) is 0 Å². The third-order valence-corrected chi connectivity index (χ3v) is 2.83. The van der Waals surface area contributed by atoms with E-state index < -0.39 is 0 Å². The van der Waals surface area contributed by atoms with Crippen molar-refractivity contribution in [3.05, 3.63) is 78.9 Å². The van der Waals surface area contributed by atoms with E-state index >= 15 is 0 Å². The molecule has 0 nitrogen and oxygen atoms in total. The van der Waals surface area contributed by atoms with Gasteiger partial charge in [-0.1, -0.05) is 102 Å². The van der Waals surface area contributed by atoms with Crippen LogP contribution in [0.25, 0.3) is 16.7 Å². The highest BCUT2D eigenvalue weighted by atomic mass is 14.0. The predicted octanol–water partition coefficient (Wildman–Crippen LogP) is 7.55. The van der Waals surface area contributed by atoms with E-state index in [1.807, 2.05) is 13.8 Å². The van der Waals surface area contributed by atoms with Crippen molar-refractivity contribution in [1.29, 1.82) is 0 Å². The highest BCUT2D eigenvalue weighted by molar-refractivity contribution is 5.76. The molecule has 0 heteroatoms. The lowest BCUT2D eigenvalue weighted by atomic mass is 9.99. The van der Waals surface area contributed by atoms with Crippen LogP contribution in [0.3, 0.4) is 0 Å². The van der Waals surface area contributed by atoms with Gasteiger partial charge in [0.05, 0.1) is 0 Å². The second-order valence-electron chi connectivity index (χ2n) is 5.91. The summed E-state index contributed by atoms with van der Waals surface area (Å²) in [5.41, 5.74) is 5.81. The molecule has 0 amide bonds. The van der Waals surface area contributed by atoms with Gasteiger partial charge in [-0.25, -0.2) is 0 Å². The summed E-state index contributed by atoms with van der Waals surface area (Å²) in [5, 5.41) is 0. The molecule has 0 saturated heterocycles. The second kappa shape index (κ2) is 11.5.